The fourth-order valence-electron chi connectivity index (χ4n) is 1.58. The number of rotatable bonds is 5. The zero-order valence-electron chi connectivity index (χ0n) is 12.3. The lowest BCUT2D eigenvalue weighted by molar-refractivity contribution is -0.119. The van der Waals surface area contributed by atoms with Crippen LogP contribution in [-0.4, -0.2) is 29.6 Å². The molecule has 0 aliphatic heterocycles. The first-order valence-corrected chi connectivity index (χ1v) is 6.60. The highest BCUT2D eigenvalue weighted by Gasteiger charge is 2.24. The third-order valence-electron chi connectivity index (χ3n) is 2.66. The van der Waals surface area contributed by atoms with Gasteiger partial charge in [0.1, 0.15) is 11.9 Å². The van der Waals surface area contributed by atoms with E-state index in [0.29, 0.717) is 5.82 Å². The molecule has 0 radical (unpaired) electrons. The molecule has 1 atom stereocenters. The Bertz CT molecular complexity index is 457. The van der Waals surface area contributed by atoms with Crippen LogP contribution in [0.2, 0.25) is 0 Å². The predicted molar refractivity (Wildman–Crippen MR) is 76.4 cm³/mol. The molecule has 0 aliphatic carbocycles. The van der Waals surface area contributed by atoms with Gasteiger partial charge in [0, 0.05) is 6.20 Å². The minimum atomic E-state index is -0.669. The fourth-order valence-corrected chi connectivity index (χ4v) is 1.58. The lowest BCUT2D eigenvalue weighted by Gasteiger charge is -2.21. The van der Waals surface area contributed by atoms with E-state index in [2.05, 4.69) is 15.6 Å². The highest BCUT2D eigenvalue weighted by atomic mass is 16.5. The van der Waals surface area contributed by atoms with Crippen molar-refractivity contribution in [1.29, 1.82) is 0 Å². The number of aryl methyl sites for hydroxylation is 1. The second kappa shape index (κ2) is 7.47. The number of pyridine rings is 1. The highest BCUT2D eigenvalue weighted by molar-refractivity contribution is 5.96. The van der Waals surface area contributed by atoms with Crippen molar-refractivity contribution in [1.82, 2.24) is 10.3 Å². The van der Waals surface area contributed by atoms with Crippen LogP contribution in [0.25, 0.3) is 0 Å². The van der Waals surface area contributed by atoms with Crippen LogP contribution >= 0.6 is 0 Å². The molecule has 1 aromatic rings. The summed E-state index contributed by atoms with van der Waals surface area (Å²) in [6.07, 6.45) is 1.07. The molecule has 0 saturated carbocycles. The van der Waals surface area contributed by atoms with Gasteiger partial charge in [0.05, 0.1) is 6.61 Å². The summed E-state index contributed by atoms with van der Waals surface area (Å²) >= 11 is 0. The standard InChI is InChI=1S/C14H21N3O3/c1-5-20-14(19)17-12(9(2)3)13(18)16-11-7-6-10(4)8-15-11/h6-9,12H,5H2,1-4H3,(H,17,19)(H,15,16,18). The molecule has 110 valence electrons. The Morgan fingerprint density at radius 2 is 2.05 bits per heavy atom. The van der Waals surface area contributed by atoms with Gasteiger partial charge in [0.15, 0.2) is 0 Å². The molecule has 1 rings (SSSR count). The van der Waals surface area contributed by atoms with Gasteiger partial charge < -0.3 is 15.4 Å². The minimum Gasteiger partial charge on any atom is -0.450 e. The molecule has 1 aromatic heterocycles. The first-order chi connectivity index (χ1) is 9.43. The number of carbonyl (C=O) groups is 2. The normalized spacial score (nSPS) is 11.8. The summed E-state index contributed by atoms with van der Waals surface area (Å²) in [5.74, 6) is 0.0752. The van der Waals surface area contributed by atoms with Crippen LogP contribution in [0, 0.1) is 12.8 Å². The second-order valence-corrected chi connectivity index (χ2v) is 4.80. The van der Waals surface area contributed by atoms with Crippen molar-refractivity contribution in [3.8, 4) is 0 Å². The Hall–Kier alpha value is -2.11. The first-order valence-electron chi connectivity index (χ1n) is 6.60. The Balaban J connectivity index is 2.69. The lowest BCUT2D eigenvalue weighted by atomic mass is 10.0. The van der Waals surface area contributed by atoms with E-state index in [1.54, 1.807) is 19.2 Å². The van der Waals surface area contributed by atoms with Gasteiger partial charge >= 0.3 is 6.09 Å². The van der Waals surface area contributed by atoms with Crippen LogP contribution in [0.15, 0.2) is 18.3 Å². The van der Waals surface area contributed by atoms with E-state index in [-0.39, 0.29) is 18.4 Å². The molecule has 6 nitrogen and oxygen atoms in total. The number of alkyl carbamates (subject to hydrolysis) is 1. The van der Waals surface area contributed by atoms with Crippen molar-refractivity contribution in [3.63, 3.8) is 0 Å². The van der Waals surface area contributed by atoms with Crippen LogP contribution in [0.1, 0.15) is 26.3 Å². The third-order valence-corrected chi connectivity index (χ3v) is 2.66. The third kappa shape index (κ3) is 4.87. The van der Waals surface area contributed by atoms with Crippen LogP contribution in [0.4, 0.5) is 10.6 Å². The van der Waals surface area contributed by atoms with E-state index < -0.39 is 12.1 Å². The number of nitrogens with one attached hydrogen (secondary N) is 2. The van der Waals surface area contributed by atoms with Crippen LogP contribution in [0.5, 0.6) is 0 Å². The first kappa shape index (κ1) is 15.9. The van der Waals surface area contributed by atoms with Crippen molar-refractivity contribution in [3.05, 3.63) is 23.9 Å². The molecule has 1 heterocycles. The number of aromatic nitrogens is 1. The van der Waals surface area contributed by atoms with Gasteiger partial charge in [-0.25, -0.2) is 9.78 Å². The molecule has 1 unspecified atom stereocenters. The molecule has 0 aliphatic rings. The van der Waals surface area contributed by atoms with E-state index in [0.717, 1.165) is 5.56 Å². The lowest BCUT2D eigenvalue weighted by Crippen LogP contribution is -2.47. The van der Waals surface area contributed by atoms with Crippen LogP contribution < -0.4 is 10.6 Å². The molecular formula is C14H21N3O3. The predicted octanol–water partition coefficient (Wildman–Crippen LogP) is 2.10. The number of hydrogen-bond acceptors (Lipinski definition) is 4. The molecule has 6 heteroatoms. The number of ether oxygens (including phenoxy) is 1. The number of anilines is 1. The quantitative estimate of drug-likeness (QED) is 0.865. The van der Waals surface area contributed by atoms with E-state index in [1.807, 2.05) is 26.8 Å². The summed E-state index contributed by atoms with van der Waals surface area (Å²) in [4.78, 5) is 27.7. The minimum absolute atomic E-state index is 0.0649. The average molecular weight is 279 g/mol. The van der Waals surface area contributed by atoms with Gasteiger partial charge in [-0.3, -0.25) is 4.79 Å². The summed E-state index contributed by atoms with van der Waals surface area (Å²) in [5.41, 5.74) is 1.01. The van der Waals surface area contributed by atoms with E-state index in [1.165, 1.54) is 0 Å². The molecule has 0 aromatic carbocycles. The van der Waals surface area contributed by atoms with Gasteiger partial charge in [-0.2, -0.15) is 0 Å². The number of nitrogens with zero attached hydrogens (tertiary/aromatic N) is 1. The molecule has 2 amide bonds. The van der Waals surface area contributed by atoms with Gasteiger partial charge in [0.2, 0.25) is 5.91 Å². The van der Waals surface area contributed by atoms with Gasteiger partial charge in [-0.05, 0) is 31.4 Å². The Kier molecular flexibility index (Phi) is 5.96. The van der Waals surface area contributed by atoms with E-state index in [4.69, 9.17) is 4.74 Å². The van der Waals surface area contributed by atoms with E-state index in [9.17, 15) is 9.59 Å². The SMILES string of the molecule is CCOC(=O)NC(C(=O)Nc1ccc(C)cn1)C(C)C. The smallest absolute Gasteiger partial charge is 0.407 e. The van der Waals surface area contributed by atoms with Gasteiger partial charge in [-0.15, -0.1) is 0 Å². The molecule has 0 saturated heterocycles. The molecule has 20 heavy (non-hydrogen) atoms. The Morgan fingerprint density at radius 1 is 1.35 bits per heavy atom. The van der Waals surface area contributed by atoms with Crippen LogP contribution in [-0.2, 0) is 9.53 Å². The Morgan fingerprint density at radius 3 is 2.55 bits per heavy atom. The Labute approximate surface area is 118 Å². The van der Waals surface area contributed by atoms with Crippen molar-refractivity contribution >= 4 is 17.8 Å². The monoisotopic (exact) mass is 279 g/mol. The number of amides is 2. The van der Waals surface area contributed by atoms with Gasteiger partial charge in [-0.1, -0.05) is 19.9 Å². The zero-order valence-corrected chi connectivity index (χ0v) is 12.3. The van der Waals surface area contributed by atoms with Crippen molar-refractivity contribution in [2.45, 2.75) is 33.7 Å². The highest BCUT2D eigenvalue weighted by Crippen LogP contribution is 2.08. The molecule has 0 bridgehead atoms. The summed E-state index contributed by atoms with van der Waals surface area (Å²) in [6.45, 7) is 7.58. The van der Waals surface area contributed by atoms with Gasteiger partial charge in [0.25, 0.3) is 0 Å². The van der Waals surface area contributed by atoms with Crippen LogP contribution in [0.3, 0.4) is 0 Å². The fraction of sp³-hybridized carbons (Fsp3) is 0.500. The maximum Gasteiger partial charge on any atom is 0.407 e. The summed E-state index contributed by atoms with van der Waals surface area (Å²) in [6, 6.07) is 2.90. The summed E-state index contributed by atoms with van der Waals surface area (Å²) in [5, 5.41) is 5.23. The number of carbonyl (C=O) groups excluding carboxylic acids is 2. The van der Waals surface area contributed by atoms with E-state index >= 15 is 0 Å². The largest absolute Gasteiger partial charge is 0.450 e. The summed E-state index contributed by atoms with van der Waals surface area (Å²) < 4.78 is 4.79. The molecular weight excluding hydrogens is 258 g/mol. The average Bonchev–Trinajstić information content (AvgIpc) is 2.38. The number of hydrogen-bond donors (Lipinski definition) is 2. The molecule has 2 N–H and O–H groups in total. The maximum absolute atomic E-state index is 12.2. The van der Waals surface area contributed by atoms with Crippen molar-refractivity contribution < 1.29 is 14.3 Å². The second-order valence-electron chi connectivity index (χ2n) is 4.80. The zero-order chi connectivity index (χ0) is 15.1. The van der Waals surface area contributed by atoms with Crippen molar-refractivity contribution in [2.24, 2.45) is 5.92 Å². The summed E-state index contributed by atoms with van der Waals surface area (Å²) in [7, 11) is 0. The topological polar surface area (TPSA) is 80.3 Å². The molecule has 0 fully saturated rings. The van der Waals surface area contributed by atoms with Crippen molar-refractivity contribution in [2.75, 3.05) is 11.9 Å². The molecule has 0 spiro atoms. The maximum atomic E-state index is 12.2.